The summed E-state index contributed by atoms with van der Waals surface area (Å²) in [6.45, 7) is 10.7. The molecule has 0 aliphatic heterocycles. The maximum atomic E-state index is 11.8. The van der Waals surface area contributed by atoms with E-state index in [2.05, 4.69) is 42.7 Å². The van der Waals surface area contributed by atoms with Crippen molar-refractivity contribution < 1.29 is 4.79 Å². The van der Waals surface area contributed by atoms with Crippen molar-refractivity contribution in [2.24, 2.45) is 0 Å². The third-order valence-corrected chi connectivity index (χ3v) is 2.93. The van der Waals surface area contributed by atoms with E-state index in [1.54, 1.807) is 0 Å². The second-order valence-corrected chi connectivity index (χ2v) is 5.20. The minimum absolute atomic E-state index is 0.0512. The molecule has 0 saturated heterocycles. The standard InChI is InChI=1S/C15H24N2O/c1-10(2)17-15(18)13(5)16-9-14-8-11(3)6-7-12(14)4/h6-8,10,13,16H,9H2,1-5H3,(H,17,18). The van der Waals surface area contributed by atoms with Crippen LogP contribution in [0.25, 0.3) is 0 Å². The lowest BCUT2D eigenvalue weighted by Gasteiger charge is -2.17. The van der Waals surface area contributed by atoms with E-state index in [9.17, 15) is 4.79 Å². The predicted molar refractivity (Wildman–Crippen MR) is 75.5 cm³/mol. The Balaban J connectivity index is 2.54. The van der Waals surface area contributed by atoms with Gasteiger partial charge in [0.2, 0.25) is 5.91 Å². The van der Waals surface area contributed by atoms with E-state index in [4.69, 9.17) is 0 Å². The van der Waals surface area contributed by atoms with Crippen LogP contribution in [0.4, 0.5) is 0 Å². The molecule has 1 unspecified atom stereocenters. The van der Waals surface area contributed by atoms with E-state index in [0.29, 0.717) is 0 Å². The molecule has 2 N–H and O–H groups in total. The number of amides is 1. The van der Waals surface area contributed by atoms with Gasteiger partial charge in [-0.3, -0.25) is 4.79 Å². The topological polar surface area (TPSA) is 41.1 Å². The minimum Gasteiger partial charge on any atom is -0.353 e. The Kier molecular flexibility index (Phi) is 5.35. The van der Waals surface area contributed by atoms with Crippen molar-refractivity contribution in [3.05, 3.63) is 34.9 Å². The molecule has 1 aromatic carbocycles. The summed E-state index contributed by atoms with van der Waals surface area (Å²) in [5, 5.41) is 6.16. The molecule has 0 saturated carbocycles. The first-order valence-electron chi connectivity index (χ1n) is 6.50. The molecule has 3 nitrogen and oxygen atoms in total. The molecule has 0 aliphatic rings. The largest absolute Gasteiger partial charge is 0.353 e. The fourth-order valence-corrected chi connectivity index (χ4v) is 1.76. The normalized spacial score (nSPS) is 12.6. The van der Waals surface area contributed by atoms with Gasteiger partial charge in [-0.2, -0.15) is 0 Å². The van der Waals surface area contributed by atoms with Crippen molar-refractivity contribution in [1.82, 2.24) is 10.6 Å². The van der Waals surface area contributed by atoms with Gasteiger partial charge in [-0.25, -0.2) is 0 Å². The van der Waals surface area contributed by atoms with E-state index < -0.39 is 0 Å². The van der Waals surface area contributed by atoms with Gasteiger partial charge in [0, 0.05) is 12.6 Å². The lowest BCUT2D eigenvalue weighted by Crippen LogP contribution is -2.44. The zero-order valence-electron chi connectivity index (χ0n) is 12.0. The summed E-state index contributed by atoms with van der Waals surface area (Å²) in [5.74, 6) is 0.0512. The monoisotopic (exact) mass is 248 g/mol. The van der Waals surface area contributed by atoms with Crippen LogP contribution in [0, 0.1) is 13.8 Å². The number of hydrogen-bond donors (Lipinski definition) is 2. The summed E-state index contributed by atoms with van der Waals surface area (Å²) < 4.78 is 0. The molecule has 0 aliphatic carbocycles. The summed E-state index contributed by atoms with van der Waals surface area (Å²) >= 11 is 0. The average Bonchev–Trinajstić information content (AvgIpc) is 2.29. The van der Waals surface area contributed by atoms with Crippen LogP contribution in [0.2, 0.25) is 0 Å². The summed E-state index contributed by atoms with van der Waals surface area (Å²) in [7, 11) is 0. The van der Waals surface area contributed by atoms with Gasteiger partial charge >= 0.3 is 0 Å². The number of carbonyl (C=O) groups excluding carboxylic acids is 1. The summed E-state index contributed by atoms with van der Waals surface area (Å²) in [6.07, 6.45) is 0. The van der Waals surface area contributed by atoms with Gasteiger partial charge in [0.25, 0.3) is 0 Å². The van der Waals surface area contributed by atoms with Gasteiger partial charge in [0.15, 0.2) is 0 Å². The molecule has 1 amide bonds. The number of aryl methyl sites for hydroxylation is 2. The highest BCUT2D eigenvalue weighted by Gasteiger charge is 2.13. The van der Waals surface area contributed by atoms with Gasteiger partial charge in [0.05, 0.1) is 6.04 Å². The predicted octanol–water partition coefficient (Wildman–Crippen LogP) is 2.31. The van der Waals surface area contributed by atoms with Crippen LogP contribution in [0.3, 0.4) is 0 Å². The van der Waals surface area contributed by atoms with Gasteiger partial charge in [-0.05, 0) is 45.7 Å². The molecule has 0 bridgehead atoms. The molecule has 0 aromatic heterocycles. The summed E-state index contributed by atoms with van der Waals surface area (Å²) in [5.41, 5.74) is 3.75. The molecule has 18 heavy (non-hydrogen) atoms. The Morgan fingerprint density at radius 1 is 1.22 bits per heavy atom. The van der Waals surface area contributed by atoms with E-state index in [-0.39, 0.29) is 18.0 Å². The van der Waals surface area contributed by atoms with Crippen molar-refractivity contribution in [3.63, 3.8) is 0 Å². The first kappa shape index (κ1) is 14.7. The van der Waals surface area contributed by atoms with Crippen LogP contribution >= 0.6 is 0 Å². The van der Waals surface area contributed by atoms with Crippen molar-refractivity contribution in [2.45, 2.75) is 53.2 Å². The Morgan fingerprint density at radius 3 is 2.50 bits per heavy atom. The quantitative estimate of drug-likeness (QED) is 0.839. The Morgan fingerprint density at radius 2 is 1.89 bits per heavy atom. The highest BCUT2D eigenvalue weighted by molar-refractivity contribution is 5.81. The SMILES string of the molecule is Cc1ccc(C)c(CNC(C)C(=O)NC(C)C)c1. The minimum atomic E-state index is -0.174. The molecule has 1 atom stereocenters. The number of carbonyl (C=O) groups is 1. The Hall–Kier alpha value is -1.35. The maximum Gasteiger partial charge on any atom is 0.237 e. The molecule has 100 valence electrons. The molecule has 0 radical (unpaired) electrons. The zero-order chi connectivity index (χ0) is 13.7. The number of hydrogen-bond acceptors (Lipinski definition) is 2. The van der Waals surface area contributed by atoms with Crippen LogP contribution in [0.1, 0.15) is 37.5 Å². The molecular weight excluding hydrogens is 224 g/mol. The molecular formula is C15H24N2O. The smallest absolute Gasteiger partial charge is 0.237 e. The lowest BCUT2D eigenvalue weighted by molar-refractivity contribution is -0.123. The van der Waals surface area contributed by atoms with E-state index in [1.807, 2.05) is 20.8 Å². The van der Waals surface area contributed by atoms with Crippen LogP contribution in [-0.2, 0) is 11.3 Å². The zero-order valence-corrected chi connectivity index (χ0v) is 12.0. The van der Waals surface area contributed by atoms with Gasteiger partial charge < -0.3 is 10.6 Å². The third kappa shape index (κ3) is 4.49. The van der Waals surface area contributed by atoms with E-state index in [1.165, 1.54) is 16.7 Å². The fourth-order valence-electron chi connectivity index (χ4n) is 1.76. The second kappa shape index (κ2) is 6.55. The van der Waals surface area contributed by atoms with Crippen LogP contribution in [0.15, 0.2) is 18.2 Å². The molecule has 1 aromatic rings. The van der Waals surface area contributed by atoms with Gasteiger partial charge in [-0.15, -0.1) is 0 Å². The number of benzene rings is 1. The van der Waals surface area contributed by atoms with Crippen LogP contribution in [0.5, 0.6) is 0 Å². The molecule has 0 fully saturated rings. The lowest BCUT2D eigenvalue weighted by atomic mass is 10.1. The highest BCUT2D eigenvalue weighted by Crippen LogP contribution is 2.10. The van der Waals surface area contributed by atoms with Crippen LogP contribution in [-0.4, -0.2) is 18.0 Å². The Bertz CT molecular complexity index is 413. The van der Waals surface area contributed by atoms with E-state index >= 15 is 0 Å². The van der Waals surface area contributed by atoms with Gasteiger partial charge in [-0.1, -0.05) is 23.8 Å². The van der Waals surface area contributed by atoms with Crippen molar-refractivity contribution in [1.29, 1.82) is 0 Å². The first-order chi connectivity index (χ1) is 8.40. The number of rotatable bonds is 5. The van der Waals surface area contributed by atoms with Crippen molar-refractivity contribution in [2.75, 3.05) is 0 Å². The molecule has 3 heteroatoms. The van der Waals surface area contributed by atoms with Gasteiger partial charge in [0.1, 0.15) is 0 Å². The van der Waals surface area contributed by atoms with Crippen molar-refractivity contribution in [3.8, 4) is 0 Å². The highest BCUT2D eigenvalue weighted by atomic mass is 16.2. The van der Waals surface area contributed by atoms with E-state index in [0.717, 1.165) is 6.54 Å². The average molecular weight is 248 g/mol. The first-order valence-corrected chi connectivity index (χ1v) is 6.50. The second-order valence-electron chi connectivity index (χ2n) is 5.20. The fraction of sp³-hybridized carbons (Fsp3) is 0.533. The number of nitrogens with one attached hydrogen (secondary N) is 2. The van der Waals surface area contributed by atoms with Crippen LogP contribution < -0.4 is 10.6 Å². The molecule has 0 spiro atoms. The summed E-state index contributed by atoms with van der Waals surface area (Å²) in [4.78, 5) is 11.8. The Labute approximate surface area is 110 Å². The molecule has 0 heterocycles. The van der Waals surface area contributed by atoms with Crippen molar-refractivity contribution >= 4 is 5.91 Å². The summed E-state index contributed by atoms with van der Waals surface area (Å²) in [6, 6.07) is 6.39. The maximum absolute atomic E-state index is 11.8. The third-order valence-electron chi connectivity index (χ3n) is 2.93. The molecule has 1 rings (SSSR count).